The van der Waals surface area contributed by atoms with E-state index < -0.39 is 22.2 Å². The van der Waals surface area contributed by atoms with E-state index in [1.807, 2.05) is 20.8 Å². The van der Waals surface area contributed by atoms with Crippen molar-refractivity contribution >= 4 is 27.9 Å². The van der Waals surface area contributed by atoms with Crippen LogP contribution in [0.5, 0.6) is 0 Å². The van der Waals surface area contributed by atoms with E-state index in [-0.39, 0.29) is 11.3 Å². The molecule has 2 N–H and O–H groups in total. The van der Waals surface area contributed by atoms with Gasteiger partial charge in [0.25, 0.3) is 10.2 Å². The van der Waals surface area contributed by atoms with Gasteiger partial charge in [0.15, 0.2) is 0 Å². The van der Waals surface area contributed by atoms with E-state index in [2.05, 4.69) is 4.72 Å². The molecule has 0 aromatic heterocycles. The minimum absolute atomic E-state index is 0.179. The first-order valence-corrected chi connectivity index (χ1v) is 8.91. The molecular weight excluding hydrogens is 288 g/mol. The van der Waals surface area contributed by atoms with Crippen molar-refractivity contribution in [3.63, 3.8) is 0 Å². The van der Waals surface area contributed by atoms with Crippen molar-refractivity contribution < 1.29 is 18.3 Å². The second kappa shape index (κ2) is 6.92. The molecule has 2 atom stereocenters. The van der Waals surface area contributed by atoms with Crippen LogP contribution in [0.4, 0.5) is 0 Å². The summed E-state index contributed by atoms with van der Waals surface area (Å²) in [5.74, 6) is -0.596. The van der Waals surface area contributed by atoms with Crippen LogP contribution in [0, 0.1) is 5.92 Å². The standard InChI is InChI=1S/C11H22N2O4S2/c1-4-5-10-13(9(7-18-10)11(14)15)19(16,17)12-6-8(2)3/h8-10,12H,4-7H2,1-3H3,(H,14,15). The summed E-state index contributed by atoms with van der Waals surface area (Å²) in [6.45, 7) is 6.08. The number of hydrogen-bond donors (Lipinski definition) is 2. The monoisotopic (exact) mass is 310 g/mol. The first kappa shape index (κ1) is 16.7. The molecule has 0 saturated carbocycles. The Kier molecular flexibility index (Phi) is 6.10. The Bertz CT molecular complexity index is 411. The van der Waals surface area contributed by atoms with E-state index >= 15 is 0 Å². The van der Waals surface area contributed by atoms with Crippen LogP contribution in [0.2, 0.25) is 0 Å². The molecule has 1 fully saturated rings. The van der Waals surface area contributed by atoms with Gasteiger partial charge in [-0.1, -0.05) is 27.2 Å². The van der Waals surface area contributed by atoms with Gasteiger partial charge in [-0.05, 0) is 12.3 Å². The molecule has 1 heterocycles. The summed E-state index contributed by atoms with van der Waals surface area (Å²) in [7, 11) is -3.74. The van der Waals surface area contributed by atoms with E-state index in [1.165, 1.54) is 11.8 Å². The minimum Gasteiger partial charge on any atom is -0.480 e. The molecule has 1 aliphatic heterocycles. The summed E-state index contributed by atoms with van der Waals surface area (Å²) in [4.78, 5) is 11.2. The van der Waals surface area contributed by atoms with Crippen LogP contribution >= 0.6 is 11.8 Å². The molecule has 0 radical (unpaired) electrons. The number of hydrogen-bond acceptors (Lipinski definition) is 4. The Morgan fingerprint density at radius 2 is 2.16 bits per heavy atom. The lowest BCUT2D eigenvalue weighted by molar-refractivity contribution is -0.140. The zero-order valence-electron chi connectivity index (χ0n) is 11.5. The van der Waals surface area contributed by atoms with Gasteiger partial charge in [0.2, 0.25) is 0 Å². The van der Waals surface area contributed by atoms with Gasteiger partial charge in [0.1, 0.15) is 6.04 Å². The van der Waals surface area contributed by atoms with Crippen LogP contribution < -0.4 is 4.72 Å². The molecule has 1 rings (SSSR count). The number of aliphatic carboxylic acids is 1. The van der Waals surface area contributed by atoms with Crippen LogP contribution in [0.1, 0.15) is 33.6 Å². The highest BCUT2D eigenvalue weighted by Crippen LogP contribution is 2.34. The van der Waals surface area contributed by atoms with Gasteiger partial charge in [0.05, 0.1) is 5.37 Å². The maximum absolute atomic E-state index is 12.3. The van der Waals surface area contributed by atoms with E-state index in [0.29, 0.717) is 18.7 Å². The van der Waals surface area contributed by atoms with Gasteiger partial charge in [-0.2, -0.15) is 12.7 Å². The Balaban J connectivity index is 2.91. The number of nitrogens with zero attached hydrogens (tertiary/aromatic N) is 1. The number of carboxylic acids is 1. The molecule has 1 saturated heterocycles. The van der Waals surface area contributed by atoms with Gasteiger partial charge >= 0.3 is 5.97 Å². The third-order valence-electron chi connectivity index (χ3n) is 2.81. The van der Waals surface area contributed by atoms with Gasteiger partial charge in [-0.3, -0.25) is 4.79 Å². The molecule has 112 valence electrons. The molecule has 1 aliphatic rings. The zero-order valence-corrected chi connectivity index (χ0v) is 13.1. The summed E-state index contributed by atoms with van der Waals surface area (Å²) >= 11 is 1.40. The quantitative estimate of drug-likeness (QED) is 0.735. The molecule has 0 aliphatic carbocycles. The van der Waals surface area contributed by atoms with E-state index in [4.69, 9.17) is 5.11 Å². The van der Waals surface area contributed by atoms with Crippen molar-refractivity contribution in [3.8, 4) is 0 Å². The first-order chi connectivity index (χ1) is 8.79. The Hall–Kier alpha value is -0.310. The van der Waals surface area contributed by atoms with Gasteiger partial charge in [0, 0.05) is 12.3 Å². The fourth-order valence-electron chi connectivity index (χ4n) is 1.86. The molecule has 0 bridgehead atoms. The fourth-order valence-corrected chi connectivity index (χ4v) is 5.48. The first-order valence-electron chi connectivity index (χ1n) is 6.42. The topological polar surface area (TPSA) is 86.7 Å². The largest absolute Gasteiger partial charge is 0.480 e. The molecule has 0 aromatic carbocycles. The fraction of sp³-hybridized carbons (Fsp3) is 0.909. The van der Waals surface area contributed by atoms with Gasteiger partial charge in [-0.25, -0.2) is 4.72 Å². The molecule has 0 aromatic rings. The average molecular weight is 310 g/mol. The molecular formula is C11H22N2O4S2. The average Bonchev–Trinajstić information content (AvgIpc) is 2.72. The lowest BCUT2D eigenvalue weighted by Crippen LogP contribution is -2.51. The zero-order chi connectivity index (χ0) is 14.6. The molecule has 2 unspecified atom stereocenters. The highest BCUT2D eigenvalue weighted by Gasteiger charge is 2.45. The third-order valence-corrected chi connectivity index (χ3v) is 5.89. The van der Waals surface area contributed by atoms with Crippen LogP contribution in [0.15, 0.2) is 0 Å². The predicted molar refractivity (Wildman–Crippen MR) is 76.2 cm³/mol. The maximum atomic E-state index is 12.3. The second-order valence-corrected chi connectivity index (χ2v) is 7.88. The minimum atomic E-state index is -3.74. The number of rotatable bonds is 7. The Labute approximate surface area is 119 Å². The summed E-state index contributed by atoms with van der Waals surface area (Å²) in [6.07, 6.45) is 1.48. The number of nitrogens with one attached hydrogen (secondary N) is 1. The van der Waals surface area contributed by atoms with E-state index in [9.17, 15) is 13.2 Å². The molecule has 0 spiro atoms. The SMILES string of the molecule is CCCC1SCC(C(=O)O)N1S(=O)(=O)NCC(C)C. The van der Waals surface area contributed by atoms with Gasteiger partial charge in [-0.15, -0.1) is 11.8 Å². The molecule has 8 heteroatoms. The smallest absolute Gasteiger partial charge is 0.322 e. The van der Waals surface area contributed by atoms with Crippen molar-refractivity contribution in [1.82, 2.24) is 9.03 Å². The highest BCUT2D eigenvalue weighted by molar-refractivity contribution is 8.01. The van der Waals surface area contributed by atoms with Crippen molar-refractivity contribution in [2.75, 3.05) is 12.3 Å². The molecule has 19 heavy (non-hydrogen) atoms. The Morgan fingerprint density at radius 3 is 2.63 bits per heavy atom. The van der Waals surface area contributed by atoms with E-state index in [1.54, 1.807) is 0 Å². The van der Waals surface area contributed by atoms with Crippen molar-refractivity contribution in [1.29, 1.82) is 0 Å². The number of carbonyl (C=O) groups is 1. The summed E-state index contributed by atoms with van der Waals surface area (Å²) in [6, 6.07) is -0.966. The lowest BCUT2D eigenvalue weighted by Gasteiger charge is -2.26. The predicted octanol–water partition coefficient (Wildman–Crippen LogP) is 1.10. The summed E-state index contributed by atoms with van der Waals surface area (Å²) in [5, 5.41) is 8.88. The lowest BCUT2D eigenvalue weighted by atomic mass is 10.2. The van der Waals surface area contributed by atoms with Crippen LogP contribution in [0.3, 0.4) is 0 Å². The van der Waals surface area contributed by atoms with Crippen molar-refractivity contribution in [2.24, 2.45) is 5.92 Å². The van der Waals surface area contributed by atoms with Crippen LogP contribution in [0.25, 0.3) is 0 Å². The van der Waals surface area contributed by atoms with Crippen molar-refractivity contribution in [3.05, 3.63) is 0 Å². The van der Waals surface area contributed by atoms with Crippen molar-refractivity contribution in [2.45, 2.75) is 45.0 Å². The maximum Gasteiger partial charge on any atom is 0.322 e. The third kappa shape index (κ3) is 4.34. The Morgan fingerprint density at radius 1 is 1.53 bits per heavy atom. The normalized spacial score (nSPS) is 25.1. The van der Waals surface area contributed by atoms with E-state index in [0.717, 1.165) is 10.7 Å². The summed E-state index contributed by atoms with van der Waals surface area (Å²) < 4.78 is 28.2. The number of carboxylic acid groups (broad SMARTS) is 1. The second-order valence-electron chi connectivity index (χ2n) is 5.01. The number of thioether (sulfide) groups is 1. The van der Waals surface area contributed by atoms with Crippen LogP contribution in [-0.4, -0.2) is 47.5 Å². The van der Waals surface area contributed by atoms with Gasteiger partial charge < -0.3 is 5.11 Å². The summed E-state index contributed by atoms with van der Waals surface area (Å²) in [5.41, 5.74) is 0. The molecule has 0 amide bonds. The highest BCUT2D eigenvalue weighted by atomic mass is 32.2. The molecule has 6 nitrogen and oxygen atoms in total. The van der Waals surface area contributed by atoms with Crippen LogP contribution in [-0.2, 0) is 15.0 Å².